The highest BCUT2D eigenvalue weighted by atomic mass is 32.2. The molecule has 0 aliphatic rings. The first-order valence-electron chi connectivity index (χ1n) is 20.4. The van der Waals surface area contributed by atoms with Crippen LogP contribution in [0.2, 0.25) is 0 Å². The molecule has 3 N–H and O–H groups in total. The van der Waals surface area contributed by atoms with E-state index >= 15 is 0 Å². The molecular weight excluding hydrogens is 861 g/mol. The number of Topliss-reactive ketones (excluding diaryl/α,β-unsaturated/α-hetero) is 2. The Morgan fingerprint density at radius 3 is 1.57 bits per heavy atom. The lowest BCUT2D eigenvalue weighted by molar-refractivity contribution is -0.122. The molecule has 5 aromatic rings. The van der Waals surface area contributed by atoms with Gasteiger partial charge in [-0.1, -0.05) is 82.3 Å². The van der Waals surface area contributed by atoms with Crippen molar-refractivity contribution in [2.24, 2.45) is 11.8 Å². The summed E-state index contributed by atoms with van der Waals surface area (Å²) in [4.78, 5) is 23.4. The lowest BCUT2D eigenvalue weighted by atomic mass is 9.86. The Labute approximate surface area is 370 Å². The lowest BCUT2D eigenvalue weighted by Crippen LogP contribution is -2.16. The second kappa shape index (κ2) is 18.6. The van der Waals surface area contributed by atoms with Gasteiger partial charge in [0.05, 0.1) is 9.79 Å². The molecule has 0 aliphatic heterocycles. The molecule has 0 atom stereocenters. The van der Waals surface area contributed by atoms with Crippen LogP contribution in [0.4, 0.5) is 0 Å². The highest BCUT2D eigenvalue weighted by Crippen LogP contribution is 2.34. The molecule has 0 aliphatic carbocycles. The molecule has 0 amide bonds. The van der Waals surface area contributed by atoms with Crippen molar-refractivity contribution in [2.75, 3.05) is 0 Å². The van der Waals surface area contributed by atoms with Crippen LogP contribution < -0.4 is 10.4 Å². The minimum atomic E-state index is -5.19. The van der Waals surface area contributed by atoms with Gasteiger partial charge in [0.2, 0.25) is 0 Å². The maximum Gasteiger partial charge on any atom is 0.295 e. The van der Waals surface area contributed by atoms with Gasteiger partial charge in [0.1, 0.15) is 16.5 Å². The van der Waals surface area contributed by atoms with E-state index in [1.54, 1.807) is 24.3 Å². The van der Waals surface area contributed by atoms with Crippen LogP contribution in [0.3, 0.4) is 0 Å². The Balaban J connectivity index is 1.80. The SMILES string of the molecule is Cc1cc(C)c(CC(=O)C(C)C)c(C)c1C=c1ccc(=C(c2ccc(Cc3c(C)cc(C)c(CC(=O)C(C)C)c3C)c(S(=O)(=O)O)c2)c2ccc(S(=O)(=O)O)cc2S(=O)(=O)O)cc1. The molecule has 0 saturated carbocycles. The van der Waals surface area contributed by atoms with Crippen LogP contribution in [-0.4, -0.2) is 50.5 Å². The normalized spacial score (nSPS) is 12.2. The Hall–Kier alpha value is -5.09. The third kappa shape index (κ3) is 11.0. The molecule has 0 fully saturated rings. The molecule has 0 spiro atoms. The Kier molecular flexibility index (Phi) is 14.4. The predicted molar refractivity (Wildman–Crippen MR) is 244 cm³/mol. The molecule has 0 aromatic heterocycles. The molecule has 334 valence electrons. The number of benzene rings is 5. The van der Waals surface area contributed by atoms with E-state index in [0.29, 0.717) is 11.3 Å². The van der Waals surface area contributed by atoms with Crippen molar-refractivity contribution in [3.05, 3.63) is 156 Å². The fraction of sp³-hybridized carbons (Fsp3) is 0.306. The van der Waals surface area contributed by atoms with Crippen LogP contribution in [-0.2, 0) is 59.2 Å². The predicted octanol–water partition coefficient (Wildman–Crippen LogP) is 7.48. The number of hydrogen-bond acceptors (Lipinski definition) is 8. The lowest BCUT2D eigenvalue weighted by Gasteiger charge is -2.20. The molecule has 0 saturated heterocycles. The van der Waals surface area contributed by atoms with Crippen LogP contribution in [0.1, 0.15) is 100 Å². The van der Waals surface area contributed by atoms with Crippen molar-refractivity contribution in [1.82, 2.24) is 0 Å². The van der Waals surface area contributed by atoms with Crippen molar-refractivity contribution in [3.63, 3.8) is 0 Å². The van der Waals surface area contributed by atoms with Crippen LogP contribution in [0, 0.1) is 53.4 Å². The first-order chi connectivity index (χ1) is 29.1. The minimum Gasteiger partial charge on any atom is -0.299 e. The molecule has 11 nitrogen and oxygen atoms in total. The van der Waals surface area contributed by atoms with Gasteiger partial charge in [0.25, 0.3) is 30.4 Å². The van der Waals surface area contributed by atoms with Crippen molar-refractivity contribution >= 4 is 53.6 Å². The molecule has 5 rings (SSSR count). The number of aryl methyl sites for hydroxylation is 4. The zero-order chi connectivity index (χ0) is 47.1. The average molecular weight is 915 g/mol. The van der Waals surface area contributed by atoms with E-state index < -0.39 is 45.0 Å². The Morgan fingerprint density at radius 1 is 0.556 bits per heavy atom. The summed E-state index contributed by atoms with van der Waals surface area (Å²) in [5.41, 5.74) is 9.03. The first kappa shape index (κ1) is 48.9. The van der Waals surface area contributed by atoms with Crippen molar-refractivity contribution in [3.8, 4) is 0 Å². The molecule has 0 heterocycles. The van der Waals surface area contributed by atoms with Gasteiger partial charge in [0, 0.05) is 30.2 Å². The van der Waals surface area contributed by atoms with E-state index in [1.807, 2.05) is 87.4 Å². The molecule has 14 heteroatoms. The average Bonchev–Trinajstić information content (AvgIpc) is 3.17. The summed E-state index contributed by atoms with van der Waals surface area (Å²) in [6, 6.07) is 17.6. The van der Waals surface area contributed by atoms with Gasteiger partial charge in [-0.15, -0.1) is 0 Å². The highest BCUT2D eigenvalue weighted by molar-refractivity contribution is 7.86. The second-order valence-electron chi connectivity index (χ2n) is 16.9. The van der Waals surface area contributed by atoms with E-state index in [2.05, 4.69) is 0 Å². The van der Waals surface area contributed by atoms with Crippen LogP contribution in [0.5, 0.6) is 0 Å². The third-order valence-electron chi connectivity index (χ3n) is 11.8. The summed E-state index contributed by atoms with van der Waals surface area (Å²) in [7, 11) is -15.1. The summed E-state index contributed by atoms with van der Waals surface area (Å²) in [6.45, 7) is 18.9. The van der Waals surface area contributed by atoms with E-state index in [0.717, 1.165) is 73.0 Å². The molecule has 0 bridgehead atoms. The zero-order valence-electron chi connectivity index (χ0n) is 37.1. The molecule has 0 radical (unpaired) electrons. The van der Waals surface area contributed by atoms with E-state index in [1.165, 1.54) is 18.2 Å². The van der Waals surface area contributed by atoms with Crippen molar-refractivity contribution < 1.29 is 48.5 Å². The largest absolute Gasteiger partial charge is 0.299 e. The molecular formula is C49H54O11S3. The van der Waals surface area contributed by atoms with Gasteiger partial charge in [0.15, 0.2) is 0 Å². The zero-order valence-corrected chi connectivity index (χ0v) is 39.6. The highest BCUT2D eigenvalue weighted by Gasteiger charge is 2.26. The number of hydrogen-bond donors (Lipinski definition) is 3. The van der Waals surface area contributed by atoms with Gasteiger partial charge < -0.3 is 0 Å². The van der Waals surface area contributed by atoms with Gasteiger partial charge in [-0.2, -0.15) is 25.3 Å². The third-order valence-corrected chi connectivity index (χ3v) is 14.5. The van der Waals surface area contributed by atoms with E-state index in [4.69, 9.17) is 0 Å². The Bertz CT molecular complexity index is 3140. The minimum absolute atomic E-state index is 0.0423. The van der Waals surface area contributed by atoms with Gasteiger partial charge in [-0.3, -0.25) is 23.2 Å². The smallest absolute Gasteiger partial charge is 0.295 e. The van der Waals surface area contributed by atoms with E-state index in [-0.39, 0.29) is 64.9 Å². The second-order valence-corrected chi connectivity index (χ2v) is 21.1. The van der Waals surface area contributed by atoms with Crippen molar-refractivity contribution in [2.45, 2.75) is 103 Å². The number of carbonyl (C=O) groups excluding carboxylic acids is 2. The molecule has 5 aromatic carbocycles. The fourth-order valence-corrected chi connectivity index (χ4v) is 10.1. The Morgan fingerprint density at radius 2 is 1.06 bits per heavy atom. The summed E-state index contributed by atoms with van der Waals surface area (Å²) >= 11 is 0. The topological polar surface area (TPSA) is 197 Å². The van der Waals surface area contributed by atoms with Gasteiger partial charge in [-0.25, -0.2) is 0 Å². The van der Waals surface area contributed by atoms with Gasteiger partial charge in [-0.05, 0) is 155 Å². The van der Waals surface area contributed by atoms with Crippen molar-refractivity contribution in [1.29, 1.82) is 0 Å². The van der Waals surface area contributed by atoms with E-state index in [9.17, 15) is 48.5 Å². The van der Waals surface area contributed by atoms with Crippen LogP contribution in [0.15, 0.2) is 87.5 Å². The van der Waals surface area contributed by atoms with Crippen LogP contribution >= 0.6 is 0 Å². The first-order valence-corrected chi connectivity index (χ1v) is 24.7. The summed E-state index contributed by atoms with van der Waals surface area (Å²) in [6.07, 6.45) is 2.47. The number of rotatable bonds is 14. The quantitative estimate of drug-likeness (QED) is 0.0935. The van der Waals surface area contributed by atoms with Gasteiger partial charge >= 0.3 is 0 Å². The summed E-state index contributed by atoms with van der Waals surface area (Å²) in [5, 5.41) is 1.04. The fourth-order valence-electron chi connectivity index (χ4n) is 8.07. The standard InChI is InChI=1S/C49H54O11S3/c1-27(2)45(50)25-43-31(7)19-29(5)41(33(43)9)21-35-11-13-36(14-12-35)49(40-18-17-39(61(52,53)54)24-48(40)63(58,59)60)38-16-15-37(47(23-38)62(55,56)57)22-42-30(6)20-32(8)44(34(42)10)26-46(51)28(3)4/h11-21,23-24,27-28H,22,25-26H2,1-10H3,(H,52,53,54)(H,55,56,57)(H,58,59,60). The summed E-state index contributed by atoms with van der Waals surface area (Å²) in [5.74, 6) is -0.161. The maximum atomic E-state index is 13.2. The monoisotopic (exact) mass is 914 g/mol. The maximum absolute atomic E-state index is 13.2. The molecule has 63 heavy (non-hydrogen) atoms. The number of ketones is 2. The molecule has 0 unspecified atom stereocenters. The van der Waals surface area contributed by atoms with Crippen LogP contribution in [0.25, 0.3) is 11.6 Å². The number of carbonyl (C=O) groups is 2. The summed E-state index contributed by atoms with van der Waals surface area (Å²) < 4.78 is 108.